The maximum Gasteiger partial charge on any atom is 0.247 e. The molecule has 0 radical (unpaired) electrons. The Morgan fingerprint density at radius 3 is 2.40 bits per heavy atom. The number of ether oxygens (including phenoxy) is 3. The minimum Gasteiger partial charge on any atom is -0.497 e. The Morgan fingerprint density at radius 2 is 1.73 bits per heavy atom. The van der Waals surface area contributed by atoms with Crippen LogP contribution in [0.15, 0.2) is 72.8 Å². The molecule has 10 heteroatoms. The predicted molar refractivity (Wildman–Crippen MR) is 149 cm³/mol. The van der Waals surface area contributed by atoms with Crippen LogP contribution in [0.4, 0.5) is 0 Å². The molecule has 1 aliphatic rings. The highest BCUT2D eigenvalue weighted by molar-refractivity contribution is 5.89. The number of carbonyl (C=O) groups is 2. The zero-order chi connectivity index (χ0) is 27.9. The smallest absolute Gasteiger partial charge is 0.247 e. The van der Waals surface area contributed by atoms with Gasteiger partial charge in [0.1, 0.15) is 29.6 Å². The number of carbonyl (C=O) groups excluding carboxylic acids is 2. The summed E-state index contributed by atoms with van der Waals surface area (Å²) in [7, 11) is 3.19. The molecule has 0 bridgehead atoms. The highest BCUT2D eigenvalue weighted by Gasteiger charge is 2.33. The average Bonchev–Trinajstić information content (AvgIpc) is 3.67. The molecule has 40 heavy (non-hydrogen) atoms. The maximum absolute atomic E-state index is 14.1. The van der Waals surface area contributed by atoms with Crippen LogP contribution in [0.3, 0.4) is 0 Å². The summed E-state index contributed by atoms with van der Waals surface area (Å²) in [5.41, 5.74) is 2.95. The summed E-state index contributed by atoms with van der Waals surface area (Å²) in [6.07, 6.45) is 1.82. The molecule has 1 saturated heterocycles. The van der Waals surface area contributed by atoms with Crippen LogP contribution >= 0.6 is 0 Å². The summed E-state index contributed by atoms with van der Waals surface area (Å²) < 4.78 is 17.9. The zero-order valence-electron chi connectivity index (χ0n) is 22.7. The SMILES string of the molecule is COc1ccc(CN(C(=O)Cn2nnc3ccccc32)C(C(=O)NCC2CCCO2)c2ccc(OC)cc2)cc1. The molecule has 10 nitrogen and oxygen atoms in total. The van der Waals surface area contributed by atoms with E-state index in [0.29, 0.717) is 35.7 Å². The topological polar surface area (TPSA) is 108 Å². The molecule has 0 spiro atoms. The van der Waals surface area contributed by atoms with Crippen molar-refractivity contribution in [2.75, 3.05) is 27.4 Å². The standard InChI is InChI=1S/C30H33N5O5/c1-38-23-13-9-21(10-14-23)19-34(28(36)20-35-27-8-4-3-7-26(27)32-33-35)29(22-11-15-24(39-2)16-12-22)30(37)31-18-25-6-5-17-40-25/h3-4,7-16,25,29H,5-6,17-20H2,1-2H3,(H,31,37). The van der Waals surface area contributed by atoms with Gasteiger partial charge in [0.15, 0.2) is 0 Å². The fraction of sp³-hybridized carbons (Fsp3) is 0.333. The summed E-state index contributed by atoms with van der Waals surface area (Å²) in [5, 5.41) is 11.4. The first-order chi connectivity index (χ1) is 19.6. The number of para-hydroxylation sites is 1. The van der Waals surface area contributed by atoms with Crippen LogP contribution in [0.25, 0.3) is 11.0 Å². The van der Waals surface area contributed by atoms with Crippen molar-refractivity contribution in [3.8, 4) is 11.5 Å². The number of rotatable bonds is 11. The third-order valence-electron chi connectivity index (χ3n) is 7.06. The van der Waals surface area contributed by atoms with Crippen molar-refractivity contribution in [3.63, 3.8) is 0 Å². The number of fused-ring (bicyclic) bond motifs is 1. The van der Waals surface area contributed by atoms with E-state index in [9.17, 15) is 9.59 Å². The van der Waals surface area contributed by atoms with Crippen LogP contribution in [-0.4, -0.2) is 65.2 Å². The third-order valence-corrected chi connectivity index (χ3v) is 7.06. The molecule has 1 aromatic heterocycles. The van der Waals surface area contributed by atoms with Crippen molar-refractivity contribution in [3.05, 3.63) is 83.9 Å². The molecule has 0 saturated carbocycles. The number of benzene rings is 3. The maximum atomic E-state index is 14.1. The normalized spacial score (nSPS) is 15.5. The molecule has 208 valence electrons. The number of nitrogens with zero attached hydrogens (tertiary/aromatic N) is 4. The Hall–Kier alpha value is -4.44. The van der Waals surface area contributed by atoms with Gasteiger partial charge < -0.3 is 24.4 Å². The number of methoxy groups -OCH3 is 2. The van der Waals surface area contributed by atoms with E-state index >= 15 is 0 Å². The number of nitrogens with one attached hydrogen (secondary N) is 1. The minimum atomic E-state index is -0.906. The van der Waals surface area contributed by atoms with Crippen LogP contribution in [0.5, 0.6) is 11.5 Å². The fourth-order valence-corrected chi connectivity index (χ4v) is 4.88. The van der Waals surface area contributed by atoms with Crippen molar-refractivity contribution in [1.29, 1.82) is 0 Å². The zero-order valence-corrected chi connectivity index (χ0v) is 22.7. The van der Waals surface area contributed by atoms with Gasteiger partial charge in [-0.1, -0.05) is 41.6 Å². The largest absolute Gasteiger partial charge is 0.497 e. The van der Waals surface area contributed by atoms with Crippen LogP contribution < -0.4 is 14.8 Å². The number of aromatic nitrogens is 3. The second-order valence-electron chi connectivity index (χ2n) is 9.66. The summed E-state index contributed by atoms with van der Waals surface area (Å²) in [6, 6.07) is 21.2. The lowest BCUT2D eigenvalue weighted by Gasteiger charge is -2.32. The minimum absolute atomic E-state index is 0.0345. The average molecular weight is 544 g/mol. The number of hydrogen-bond acceptors (Lipinski definition) is 7. The van der Waals surface area contributed by atoms with Gasteiger partial charge in [-0.25, -0.2) is 4.68 Å². The molecule has 2 unspecified atom stereocenters. The van der Waals surface area contributed by atoms with Crippen molar-refractivity contribution in [1.82, 2.24) is 25.2 Å². The van der Waals surface area contributed by atoms with E-state index in [1.54, 1.807) is 35.9 Å². The molecule has 2 heterocycles. The first kappa shape index (κ1) is 27.1. The Bertz CT molecular complexity index is 1430. The Morgan fingerprint density at radius 1 is 1.02 bits per heavy atom. The highest BCUT2D eigenvalue weighted by atomic mass is 16.5. The van der Waals surface area contributed by atoms with Gasteiger partial charge in [-0.3, -0.25) is 9.59 Å². The monoisotopic (exact) mass is 543 g/mol. The van der Waals surface area contributed by atoms with E-state index in [-0.39, 0.29) is 31.0 Å². The highest BCUT2D eigenvalue weighted by Crippen LogP contribution is 2.27. The van der Waals surface area contributed by atoms with E-state index in [0.717, 1.165) is 23.9 Å². The Kier molecular flexibility index (Phi) is 8.56. The lowest BCUT2D eigenvalue weighted by molar-refractivity contribution is -0.142. The van der Waals surface area contributed by atoms with E-state index in [4.69, 9.17) is 14.2 Å². The van der Waals surface area contributed by atoms with Gasteiger partial charge in [-0.2, -0.15) is 0 Å². The first-order valence-corrected chi connectivity index (χ1v) is 13.3. The second-order valence-corrected chi connectivity index (χ2v) is 9.66. The van der Waals surface area contributed by atoms with E-state index in [1.807, 2.05) is 60.7 Å². The van der Waals surface area contributed by atoms with Crippen LogP contribution in [-0.2, 0) is 27.4 Å². The number of amides is 2. The van der Waals surface area contributed by atoms with Crippen LogP contribution in [0.1, 0.15) is 30.0 Å². The molecular formula is C30H33N5O5. The molecule has 2 atom stereocenters. The van der Waals surface area contributed by atoms with Gasteiger partial charge in [0.05, 0.1) is 25.8 Å². The van der Waals surface area contributed by atoms with Gasteiger partial charge in [-0.05, 0) is 60.4 Å². The van der Waals surface area contributed by atoms with Gasteiger partial charge in [-0.15, -0.1) is 5.10 Å². The van der Waals surface area contributed by atoms with Crippen LogP contribution in [0, 0.1) is 0 Å². The molecule has 0 aliphatic carbocycles. The van der Waals surface area contributed by atoms with Gasteiger partial charge >= 0.3 is 0 Å². The van der Waals surface area contributed by atoms with E-state index in [2.05, 4.69) is 15.6 Å². The van der Waals surface area contributed by atoms with Crippen molar-refractivity contribution in [2.24, 2.45) is 0 Å². The lowest BCUT2D eigenvalue weighted by Crippen LogP contribution is -2.46. The Labute approximate surface area is 232 Å². The molecule has 2 amide bonds. The van der Waals surface area contributed by atoms with Gasteiger partial charge in [0.2, 0.25) is 11.8 Å². The summed E-state index contributed by atoms with van der Waals surface area (Å²) in [6.45, 7) is 1.18. The molecule has 1 fully saturated rings. The molecule has 4 aromatic rings. The lowest BCUT2D eigenvalue weighted by atomic mass is 10.0. The van der Waals surface area contributed by atoms with Gasteiger partial charge in [0, 0.05) is 19.7 Å². The second kappa shape index (κ2) is 12.6. The summed E-state index contributed by atoms with van der Waals surface area (Å²) in [5.74, 6) is 0.798. The van der Waals surface area contributed by atoms with Gasteiger partial charge in [0.25, 0.3) is 0 Å². The molecular weight excluding hydrogens is 510 g/mol. The first-order valence-electron chi connectivity index (χ1n) is 13.3. The molecule has 1 N–H and O–H groups in total. The molecule has 3 aromatic carbocycles. The van der Waals surface area contributed by atoms with Crippen molar-refractivity contribution < 1.29 is 23.8 Å². The summed E-state index contributed by atoms with van der Waals surface area (Å²) in [4.78, 5) is 29.5. The van der Waals surface area contributed by atoms with E-state index < -0.39 is 6.04 Å². The predicted octanol–water partition coefficient (Wildman–Crippen LogP) is 3.51. The molecule has 1 aliphatic heterocycles. The quantitative estimate of drug-likeness (QED) is 0.308. The van der Waals surface area contributed by atoms with E-state index in [1.165, 1.54) is 0 Å². The van der Waals surface area contributed by atoms with Crippen molar-refractivity contribution >= 4 is 22.8 Å². The third kappa shape index (κ3) is 6.23. The fourth-order valence-electron chi connectivity index (χ4n) is 4.88. The van der Waals surface area contributed by atoms with Crippen molar-refractivity contribution in [2.45, 2.75) is 38.1 Å². The van der Waals surface area contributed by atoms with Crippen LogP contribution in [0.2, 0.25) is 0 Å². The molecule has 5 rings (SSSR count). The summed E-state index contributed by atoms with van der Waals surface area (Å²) >= 11 is 0. The Balaban J connectivity index is 1.49. The number of hydrogen-bond donors (Lipinski definition) is 1.